The Kier molecular flexibility index (Phi) is 1.85. The van der Waals surface area contributed by atoms with Crippen molar-refractivity contribution >= 4 is 5.78 Å². The topological polar surface area (TPSA) is 26.3 Å². The molecule has 0 unspecified atom stereocenters. The minimum atomic E-state index is 0.104. The molecule has 0 saturated carbocycles. The summed E-state index contributed by atoms with van der Waals surface area (Å²) in [5.41, 5.74) is 0.131. The van der Waals surface area contributed by atoms with E-state index in [4.69, 9.17) is 4.74 Å². The highest BCUT2D eigenvalue weighted by Gasteiger charge is 2.28. The van der Waals surface area contributed by atoms with Crippen molar-refractivity contribution in [1.82, 2.24) is 0 Å². The molecule has 0 N–H and O–H groups in total. The minimum Gasteiger partial charge on any atom is -0.381 e. The maximum Gasteiger partial charge on any atom is 0.178 e. The van der Waals surface area contributed by atoms with E-state index >= 15 is 0 Å². The third kappa shape index (κ3) is 1.34. The Balaban J connectivity index is 2.16. The third-order valence-electron chi connectivity index (χ3n) is 2.58. The van der Waals surface area contributed by atoms with Gasteiger partial charge in [0.15, 0.2) is 5.78 Å². The van der Waals surface area contributed by atoms with Crippen molar-refractivity contribution in [3.8, 4) is 0 Å². The van der Waals surface area contributed by atoms with Crippen LogP contribution in [0.25, 0.3) is 0 Å². The minimum absolute atomic E-state index is 0.104. The summed E-state index contributed by atoms with van der Waals surface area (Å²) >= 11 is 0. The van der Waals surface area contributed by atoms with Gasteiger partial charge in [-0.3, -0.25) is 4.79 Å². The number of hydrogen-bond donors (Lipinski definition) is 0. The fourth-order valence-corrected chi connectivity index (χ4v) is 1.69. The summed E-state index contributed by atoms with van der Waals surface area (Å²) in [4.78, 5) is 10.9. The van der Waals surface area contributed by atoms with E-state index in [9.17, 15) is 4.79 Å². The molecular weight excluding hydrogens is 152 g/mol. The van der Waals surface area contributed by atoms with E-state index in [1.807, 2.05) is 12.2 Å². The van der Waals surface area contributed by atoms with Crippen molar-refractivity contribution < 1.29 is 9.53 Å². The SMILES string of the molecule is O=C1C=CC2(C=C1)CCOCC2. The van der Waals surface area contributed by atoms with Crippen LogP contribution < -0.4 is 0 Å². The predicted molar refractivity (Wildman–Crippen MR) is 45.8 cm³/mol. The average molecular weight is 164 g/mol. The Hall–Kier alpha value is -0.890. The van der Waals surface area contributed by atoms with E-state index < -0.39 is 0 Å². The van der Waals surface area contributed by atoms with E-state index in [0.717, 1.165) is 26.1 Å². The molecule has 12 heavy (non-hydrogen) atoms. The molecule has 2 rings (SSSR count). The van der Waals surface area contributed by atoms with Crippen LogP contribution in [0.1, 0.15) is 12.8 Å². The molecule has 2 heteroatoms. The summed E-state index contributed by atoms with van der Waals surface area (Å²) in [6.45, 7) is 1.62. The lowest BCUT2D eigenvalue weighted by Gasteiger charge is -2.32. The monoisotopic (exact) mass is 164 g/mol. The van der Waals surface area contributed by atoms with Crippen LogP contribution in [0.5, 0.6) is 0 Å². The molecule has 1 fully saturated rings. The molecule has 0 aromatic rings. The fourth-order valence-electron chi connectivity index (χ4n) is 1.69. The summed E-state index contributed by atoms with van der Waals surface area (Å²) < 4.78 is 5.27. The van der Waals surface area contributed by atoms with Gasteiger partial charge in [-0.15, -0.1) is 0 Å². The largest absolute Gasteiger partial charge is 0.381 e. The van der Waals surface area contributed by atoms with Gasteiger partial charge < -0.3 is 4.74 Å². The third-order valence-corrected chi connectivity index (χ3v) is 2.58. The van der Waals surface area contributed by atoms with Crippen LogP contribution in [0.15, 0.2) is 24.3 Å². The summed E-state index contributed by atoms with van der Waals surface area (Å²) in [6, 6.07) is 0. The van der Waals surface area contributed by atoms with Gasteiger partial charge >= 0.3 is 0 Å². The Morgan fingerprint density at radius 1 is 1.17 bits per heavy atom. The van der Waals surface area contributed by atoms with Crippen LogP contribution in [-0.2, 0) is 9.53 Å². The first-order chi connectivity index (χ1) is 5.81. The van der Waals surface area contributed by atoms with Crippen molar-refractivity contribution in [1.29, 1.82) is 0 Å². The van der Waals surface area contributed by atoms with Crippen molar-refractivity contribution in [2.24, 2.45) is 5.41 Å². The molecule has 2 aliphatic rings. The average Bonchev–Trinajstić information content (AvgIpc) is 2.13. The summed E-state index contributed by atoms with van der Waals surface area (Å²) in [5, 5.41) is 0. The molecule has 1 spiro atoms. The van der Waals surface area contributed by atoms with Gasteiger partial charge in [0.1, 0.15) is 0 Å². The Morgan fingerprint density at radius 2 is 1.75 bits per heavy atom. The highest BCUT2D eigenvalue weighted by atomic mass is 16.5. The van der Waals surface area contributed by atoms with Crippen molar-refractivity contribution in [3.63, 3.8) is 0 Å². The number of ether oxygens (including phenoxy) is 1. The molecule has 0 bridgehead atoms. The maximum absolute atomic E-state index is 10.9. The first-order valence-corrected chi connectivity index (χ1v) is 4.31. The Labute approximate surface area is 71.9 Å². The highest BCUT2D eigenvalue weighted by Crippen LogP contribution is 2.35. The molecule has 1 heterocycles. The van der Waals surface area contributed by atoms with Crippen molar-refractivity contribution in [2.75, 3.05) is 13.2 Å². The van der Waals surface area contributed by atoms with E-state index in [1.165, 1.54) is 0 Å². The first-order valence-electron chi connectivity index (χ1n) is 4.31. The first kappa shape index (κ1) is 7.74. The van der Waals surface area contributed by atoms with E-state index in [2.05, 4.69) is 0 Å². The van der Waals surface area contributed by atoms with Crippen LogP contribution in [0.2, 0.25) is 0 Å². The summed E-state index contributed by atoms with van der Waals surface area (Å²) in [6.07, 6.45) is 9.41. The lowest BCUT2D eigenvalue weighted by molar-refractivity contribution is -0.110. The molecule has 0 radical (unpaired) electrons. The van der Waals surface area contributed by atoms with Gasteiger partial charge in [0.25, 0.3) is 0 Å². The maximum atomic E-state index is 10.9. The van der Waals surface area contributed by atoms with Gasteiger partial charge in [0.05, 0.1) is 0 Å². The zero-order valence-electron chi connectivity index (χ0n) is 6.95. The van der Waals surface area contributed by atoms with Gasteiger partial charge in [0, 0.05) is 18.6 Å². The number of ketones is 1. The molecule has 0 amide bonds. The molecule has 1 aliphatic heterocycles. The summed E-state index contributed by atoms with van der Waals surface area (Å²) in [5.74, 6) is 0.104. The van der Waals surface area contributed by atoms with E-state index in [-0.39, 0.29) is 11.2 Å². The zero-order chi connectivity index (χ0) is 8.44. The van der Waals surface area contributed by atoms with Crippen LogP contribution >= 0.6 is 0 Å². The molecule has 0 atom stereocenters. The number of hydrogen-bond acceptors (Lipinski definition) is 2. The van der Waals surface area contributed by atoms with E-state index in [0.29, 0.717) is 0 Å². The molecule has 1 aliphatic carbocycles. The van der Waals surface area contributed by atoms with Gasteiger partial charge in [-0.25, -0.2) is 0 Å². The van der Waals surface area contributed by atoms with Crippen LogP contribution in [-0.4, -0.2) is 19.0 Å². The number of allylic oxidation sites excluding steroid dienone is 4. The lowest BCUT2D eigenvalue weighted by atomic mass is 9.77. The van der Waals surface area contributed by atoms with Crippen LogP contribution in [0, 0.1) is 5.41 Å². The molecule has 0 aromatic heterocycles. The van der Waals surface area contributed by atoms with Gasteiger partial charge in [-0.1, -0.05) is 12.2 Å². The smallest absolute Gasteiger partial charge is 0.178 e. The van der Waals surface area contributed by atoms with Gasteiger partial charge in [0.2, 0.25) is 0 Å². The van der Waals surface area contributed by atoms with Crippen molar-refractivity contribution in [3.05, 3.63) is 24.3 Å². The number of carbonyl (C=O) groups is 1. The van der Waals surface area contributed by atoms with E-state index in [1.54, 1.807) is 12.2 Å². The highest BCUT2D eigenvalue weighted by molar-refractivity contribution is 6.00. The second kappa shape index (κ2) is 2.87. The lowest BCUT2D eigenvalue weighted by Crippen LogP contribution is -2.27. The Bertz CT molecular complexity index is 227. The molecule has 1 saturated heterocycles. The van der Waals surface area contributed by atoms with Crippen LogP contribution in [0.4, 0.5) is 0 Å². The number of rotatable bonds is 0. The molecular formula is C10H12O2. The molecule has 2 nitrogen and oxygen atoms in total. The normalized spacial score (nSPS) is 26.5. The summed E-state index contributed by atoms with van der Waals surface area (Å²) in [7, 11) is 0. The second-order valence-corrected chi connectivity index (χ2v) is 3.41. The molecule has 64 valence electrons. The van der Waals surface area contributed by atoms with Crippen LogP contribution in [0.3, 0.4) is 0 Å². The molecule has 0 aromatic carbocycles. The quantitative estimate of drug-likeness (QED) is 0.542. The zero-order valence-corrected chi connectivity index (χ0v) is 6.95. The second-order valence-electron chi connectivity index (χ2n) is 3.41. The predicted octanol–water partition coefficient (Wildman–Crippen LogP) is 1.48. The van der Waals surface area contributed by atoms with Gasteiger partial charge in [-0.05, 0) is 25.0 Å². The van der Waals surface area contributed by atoms with Crippen molar-refractivity contribution in [2.45, 2.75) is 12.8 Å². The fraction of sp³-hybridized carbons (Fsp3) is 0.500. The standard InChI is InChI=1S/C10H12O2/c11-9-1-3-10(4-2-9)5-7-12-8-6-10/h1-4H,5-8H2. The van der Waals surface area contributed by atoms with Gasteiger partial charge in [-0.2, -0.15) is 0 Å². The number of carbonyl (C=O) groups excluding carboxylic acids is 1. The Morgan fingerprint density at radius 3 is 2.33 bits per heavy atom.